The minimum absolute atomic E-state index is 0.0637. The molecule has 1 saturated heterocycles. The lowest BCUT2D eigenvalue weighted by Gasteiger charge is -2.31. The van der Waals surface area contributed by atoms with Crippen LogP contribution in [0.15, 0.2) is 23.1 Å². The second-order valence-electron chi connectivity index (χ2n) is 8.85. The number of nitrogens with one attached hydrogen (secondary N) is 2. The lowest BCUT2D eigenvalue weighted by atomic mass is 9.95. The highest BCUT2D eigenvalue weighted by molar-refractivity contribution is 7.89. The minimum Gasteiger partial charge on any atom is -0.353 e. The zero-order valence-electron chi connectivity index (χ0n) is 17.0. The fourth-order valence-corrected chi connectivity index (χ4v) is 5.32. The summed E-state index contributed by atoms with van der Waals surface area (Å²) >= 11 is 6.11. The summed E-state index contributed by atoms with van der Waals surface area (Å²) in [5.74, 6) is -0.251. The molecule has 9 heteroatoms. The maximum absolute atomic E-state index is 12.9. The van der Waals surface area contributed by atoms with Crippen molar-refractivity contribution in [1.29, 1.82) is 0 Å². The third-order valence-corrected chi connectivity index (χ3v) is 7.22. The van der Waals surface area contributed by atoms with E-state index in [0.717, 1.165) is 12.8 Å². The largest absolute Gasteiger partial charge is 0.353 e. The van der Waals surface area contributed by atoms with E-state index in [-0.39, 0.29) is 33.2 Å². The minimum atomic E-state index is -3.87. The van der Waals surface area contributed by atoms with Crippen molar-refractivity contribution < 1.29 is 18.0 Å². The number of carbonyl (C=O) groups is 2. The second-order valence-corrected chi connectivity index (χ2v) is 10.9. The highest BCUT2D eigenvalue weighted by Gasteiger charge is 2.32. The molecule has 3 rings (SSSR count). The van der Waals surface area contributed by atoms with E-state index in [1.54, 1.807) is 25.7 Å². The number of hydrogen-bond donors (Lipinski definition) is 2. The SMILES string of the molecule is CC(C)(C)NS(=O)(=O)c1cc(C(=O)N2CCC(C(=O)NC3CC3)CC2)ccc1Cl. The summed E-state index contributed by atoms with van der Waals surface area (Å²) < 4.78 is 27.9. The van der Waals surface area contributed by atoms with E-state index >= 15 is 0 Å². The van der Waals surface area contributed by atoms with E-state index < -0.39 is 15.6 Å². The molecule has 0 unspecified atom stereocenters. The van der Waals surface area contributed by atoms with E-state index in [1.807, 2.05) is 0 Å². The van der Waals surface area contributed by atoms with E-state index in [9.17, 15) is 18.0 Å². The highest BCUT2D eigenvalue weighted by atomic mass is 35.5. The summed E-state index contributed by atoms with van der Waals surface area (Å²) in [4.78, 5) is 26.7. The molecule has 1 aliphatic carbocycles. The quantitative estimate of drug-likeness (QED) is 0.733. The predicted molar refractivity (Wildman–Crippen MR) is 111 cm³/mol. The monoisotopic (exact) mass is 441 g/mol. The van der Waals surface area contributed by atoms with Gasteiger partial charge in [-0.15, -0.1) is 0 Å². The van der Waals surface area contributed by atoms with E-state index in [0.29, 0.717) is 32.0 Å². The van der Waals surface area contributed by atoms with Gasteiger partial charge in [0.2, 0.25) is 15.9 Å². The molecule has 0 spiro atoms. The zero-order chi connectivity index (χ0) is 21.4. The van der Waals surface area contributed by atoms with Gasteiger partial charge in [0.15, 0.2) is 0 Å². The molecule has 1 saturated carbocycles. The molecule has 7 nitrogen and oxygen atoms in total. The van der Waals surface area contributed by atoms with Crippen molar-refractivity contribution in [2.45, 2.75) is 62.9 Å². The molecule has 29 heavy (non-hydrogen) atoms. The molecule has 1 heterocycles. The number of piperidine rings is 1. The van der Waals surface area contributed by atoms with Crippen molar-refractivity contribution >= 4 is 33.4 Å². The smallest absolute Gasteiger partial charge is 0.253 e. The average molecular weight is 442 g/mol. The first kappa shape index (κ1) is 22.1. The Morgan fingerprint density at radius 3 is 2.28 bits per heavy atom. The molecule has 1 aromatic rings. The number of carbonyl (C=O) groups excluding carboxylic acids is 2. The van der Waals surface area contributed by atoms with Gasteiger partial charge in [0.25, 0.3) is 5.91 Å². The lowest BCUT2D eigenvalue weighted by molar-refractivity contribution is -0.126. The number of halogens is 1. The molecule has 2 fully saturated rings. The van der Waals surface area contributed by atoms with E-state index in [1.165, 1.54) is 18.2 Å². The summed E-state index contributed by atoms with van der Waals surface area (Å²) in [5, 5.41) is 3.08. The molecular formula is C20H28ClN3O4S. The fraction of sp³-hybridized carbons (Fsp3) is 0.600. The van der Waals surface area contributed by atoms with Gasteiger partial charge in [-0.25, -0.2) is 13.1 Å². The molecule has 1 aromatic carbocycles. The predicted octanol–water partition coefficient (Wildman–Crippen LogP) is 2.55. The summed E-state index contributed by atoms with van der Waals surface area (Å²) in [5.41, 5.74) is -0.407. The van der Waals surface area contributed by atoms with Crippen LogP contribution in [-0.2, 0) is 14.8 Å². The first-order valence-electron chi connectivity index (χ1n) is 9.89. The molecule has 0 aromatic heterocycles. The summed E-state index contributed by atoms with van der Waals surface area (Å²) in [6, 6.07) is 4.62. The van der Waals surface area contributed by atoms with Crippen LogP contribution in [-0.4, -0.2) is 49.8 Å². The van der Waals surface area contributed by atoms with Crippen LogP contribution in [0.5, 0.6) is 0 Å². The van der Waals surface area contributed by atoms with Crippen LogP contribution in [0.1, 0.15) is 56.8 Å². The Bertz CT molecular complexity index is 899. The van der Waals surface area contributed by atoms with Crippen LogP contribution in [0, 0.1) is 5.92 Å². The first-order valence-corrected chi connectivity index (χ1v) is 11.8. The van der Waals surface area contributed by atoms with E-state index in [2.05, 4.69) is 10.0 Å². The van der Waals surface area contributed by atoms with Gasteiger partial charge < -0.3 is 10.2 Å². The Labute approximate surface area is 177 Å². The number of sulfonamides is 1. The van der Waals surface area contributed by atoms with Crippen molar-refractivity contribution in [1.82, 2.24) is 14.9 Å². The van der Waals surface area contributed by atoms with Crippen LogP contribution >= 0.6 is 11.6 Å². The summed E-state index contributed by atoms with van der Waals surface area (Å²) in [7, 11) is -3.87. The van der Waals surface area contributed by atoms with Gasteiger partial charge in [-0.1, -0.05) is 11.6 Å². The summed E-state index contributed by atoms with van der Waals surface area (Å²) in [6.45, 7) is 6.13. The van der Waals surface area contributed by atoms with Gasteiger partial charge in [0.05, 0.1) is 5.02 Å². The van der Waals surface area contributed by atoms with Crippen LogP contribution in [0.25, 0.3) is 0 Å². The fourth-order valence-electron chi connectivity index (χ4n) is 3.37. The van der Waals surface area contributed by atoms with Crippen LogP contribution in [0.2, 0.25) is 5.02 Å². The van der Waals surface area contributed by atoms with Crippen molar-refractivity contribution in [3.63, 3.8) is 0 Å². The maximum Gasteiger partial charge on any atom is 0.253 e. The van der Waals surface area contributed by atoms with Crippen molar-refractivity contribution in [2.75, 3.05) is 13.1 Å². The van der Waals surface area contributed by atoms with Crippen molar-refractivity contribution in [3.05, 3.63) is 28.8 Å². The van der Waals surface area contributed by atoms with Gasteiger partial charge in [-0.05, 0) is 64.7 Å². The van der Waals surface area contributed by atoms with Crippen molar-refractivity contribution in [2.24, 2.45) is 5.92 Å². The van der Waals surface area contributed by atoms with Crippen molar-refractivity contribution in [3.8, 4) is 0 Å². The van der Waals surface area contributed by atoms with Gasteiger partial charge in [0, 0.05) is 36.2 Å². The van der Waals surface area contributed by atoms with Gasteiger partial charge in [-0.2, -0.15) is 0 Å². The number of hydrogen-bond acceptors (Lipinski definition) is 4. The van der Waals surface area contributed by atoms with Gasteiger partial charge >= 0.3 is 0 Å². The highest BCUT2D eigenvalue weighted by Crippen LogP contribution is 2.27. The molecule has 2 amide bonds. The lowest BCUT2D eigenvalue weighted by Crippen LogP contribution is -2.43. The molecule has 160 valence electrons. The number of rotatable bonds is 5. The third-order valence-electron chi connectivity index (χ3n) is 4.98. The van der Waals surface area contributed by atoms with Crippen LogP contribution in [0.4, 0.5) is 0 Å². The Morgan fingerprint density at radius 1 is 1.10 bits per heavy atom. The van der Waals surface area contributed by atoms with Crippen LogP contribution < -0.4 is 10.0 Å². The Hall–Kier alpha value is -1.64. The number of likely N-dealkylation sites (tertiary alicyclic amines) is 1. The molecular weight excluding hydrogens is 414 g/mol. The molecule has 1 aliphatic heterocycles. The molecule has 2 N–H and O–H groups in total. The van der Waals surface area contributed by atoms with Gasteiger partial charge in [-0.3, -0.25) is 9.59 Å². The third kappa shape index (κ3) is 5.71. The topological polar surface area (TPSA) is 95.6 Å². The molecule has 0 radical (unpaired) electrons. The summed E-state index contributed by atoms with van der Waals surface area (Å²) in [6.07, 6.45) is 3.31. The number of amides is 2. The number of nitrogens with zero attached hydrogens (tertiary/aromatic N) is 1. The Kier molecular flexibility index (Phi) is 6.27. The standard InChI is InChI=1S/C20H28ClN3O4S/c1-20(2,3)23-29(27,28)17-12-14(4-7-16(17)21)19(26)24-10-8-13(9-11-24)18(25)22-15-5-6-15/h4,7,12-13,15,23H,5-6,8-11H2,1-3H3,(H,22,25). The van der Waals surface area contributed by atoms with Gasteiger partial charge in [0.1, 0.15) is 4.90 Å². The zero-order valence-corrected chi connectivity index (χ0v) is 18.6. The number of benzene rings is 1. The average Bonchev–Trinajstić information content (AvgIpc) is 3.43. The normalized spacial score (nSPS) is 18.6. The molecule has 0 bridgehead atoms. The van der Waals surface area contributed by atoms with Crippen LogP contribution in [0.3, 0.4) is 0 Å². The van der Waals surface area contributed by atoms with E-state index in [4.69, 9.17) is 11.6 Å². The Morgan fingerprint density at radius 2 is 1.72 bits per heavy atom. The Balaban J connectivity index is 1.69. The first-order chi connectivity index (χ1) is 13.5. The molecule has 0 atom stereocenters. The molecule has 2 aliphatic rings. The maximum atomic E-state index is 12.9. The second kappa shape index (κ2) is 8.24.